The lowest BCUT2D eigenvalue weighted by Crippen LogP contribution is -2.35. The first kappa shape index (κ1) is 19.4. The SMILES string of the molecule is COc1ccc(/C=C2/SC(=O)N(CC(=O)OC(C)C)C2=O)cc1[N+](=O)[O-]. The van der Waals surface area contributed by atoms with Crippen molar-refractivity contribution in [2.75, 3.05) is 13.7 Å². The maximum atomic E-state index is 12.3. The molecule has 1 aromatic rings. The van der Waals surface area contributed by atoms with Crippen LogP contribution in [0.2, 0.25) is 0 Å². The lowest BCUT2D eigenvalue weighted by molar-refractivity contribution is -0.385. The number of thioether (sulfide) groups is 1. The molecule has 26 heavy (non-hydrogen) atoms. The van der Waals surface area contributed by atoms with Crippen LogP contribution < -0.4 is 4.74 Å². The van der Waals surface area contributed by atoms with Crippen molar-refractivity contribution in [3.63, 3.8) is 0 Å². The third-order valence-electron chi connectivity index (χ3n) is 3.23. The van der Waals surface area contributed by atoms with Crippen LogP contribution in [-0.4, -0.2) is 46.7 Å². The van der Waals surface area contributed by atoms with Crippen LogP contribution >= 0.6 is 11.8 Å². The molecule has 2 amide bonds. The van der Waals surface area contributed by atoms with Crippen molar-refractivity contribution < 1.29 is 28.8 Å². The summed E-state index contributed by atoms with van der Waals surface area (Å²) in [7, 11) is 1.31. The monoisotopic (exact) mass is 380 g/mol. The first-order valence-electron chi connectivity index (χ1n) is 7.50. The third kappa shape index (κ3) is 4.39. The molecule has 1 aliphatic heterocycles. The first-order chi connectivity index (χ1) is 12.2. The van der Waals surface area contributed by atoms with Crippen LogP contribution in [0.1, 0.15) is 19.4 Å². The normalized spacial score (nSPS) is 15.7. The second kappa shape index (κ2) is 8.00. The summed E-state index contributed by atoms with van der Waals surface area (Å²) in [6, 6.07) is 4.15. The summed E-state index contributed by atoms with van der Waals surface area (Å²) < 4.78 is 9.84. The Hall–Kier alpha value is -2.88. The van der Waals surface area contributed by atoms with E-state index in [-0.39, 0.29) is 22.4 Å². The zero-order valence-corrected chi connectivity index (χ0v) is 15.1. The standard InChI is InChI=1S/C16H16N2O7S/c1-9(2)25-14(19)8-17-15(20)13(26-16(17)21)7-10-4-5-12(24-3)11(6-10)18(22)23/h4-7,9H,8H2,1-3H3/b13-7+. The molecular formula is C16H16N2O7S. The summed E-state index contributed by atoms with van der Waals surface area (Å²) in [4.78, 5) is 47.3. The maximum Gasteiger partial charge on any atom is 0.326 e. The summed E-state index contributed by atoms with van der Waals surface area (Å²) in [6.45, 7) is 2.83. The second-order valence-corrected chi connectivity index (χ2v) is 6.49. The number of carbonyl (C=O) groups excluding carboxylic acids is 3. The number of nitro groups is 1. The number of nitro benzene ring substituents is 1. The quantitative estimate of drug-likeness (QED) is 0.320. The summed E-state index contributed by atoms with van der Waals surface area (Å²) in [5, 5.41) is 10.5. The van der Waals surface area contributed by atoms with E-state index in [1.807, 2.05) is 0 Å². The molecule has 1 saturated heterocycles. The van der Waals surface area contributed by atoms with Crippen molar-refractivity contribution in [3.05, 3.63) is 38.8 Å². The van der Waals surface area contributed by atoms with E-state index in [1.54, 1.807) is 13.8 Å². The molecule has 138 valence electrons. The van der Waals surface area contributed by atoms with Gasteiger partial charge in [0, 0.05) is 6.07 Å². The van der Waals surface area contributed by atoms with Gasteiger partial charge in [-0.1, -0.05) is 6.07 Å². The molecule has 0 saturated carbocycles. The largest absolute Gasteiger partial charge is 0.490 e. The van der Waals surface area contributed by atoms with E-state index in [0.29, 0.717) is 17.3 Å². The van der Waals surface area contributed by atoms with Crippen LogP contribution in [0.5, 0.6) is 5.75 Å². The fourth-order valence-corrected chi connectivity index (χ4v) is 2.99. The van der Waals surface area contributed by atoms with Gasteiger partial charge in [-0.25, -0.2) is 0 Å². The van der Waals surface area contributed by atoms with Gasteiger partial charge in [0.15, 0.2) is 5.75 Å². The number of rotatable bonds is 6. The average molecular weight is 380 g/mol. The van der Waals surface area contributed by atoms with E-state index >= 15 is 0 Å². The molecule has 2 rings (SSSR count). The Morgan fingerprint density at radius 1 is 1.38 bits per heavy atom. The van der Waals surface area contributed by atoms with Crippen LogP contribution in [0, 0.1) is 10.1 Å². The number of carbonyl (C=O) groups is 3. The van der Waals surface area contributed by atoms with Gasteiger partial charge in [-0.05, 0) is 43.3 Å². The van der Waals surface area contributed by atoms with Crippen LogP contribution in [0.15, 0.2) is 23.1 Å². The van der Waals surface area contributed by atoms with Gasteiger partial charge in [0.1, 0.15) is 6.54 Å². The molecule has 0 N–H and O–H groups in total. The average Bonchev–Trinajstić information content (AvgIpc) is 2.81. The highest BCUT2D eigenvalue weighted by Gasteiger charge is 2.36. The Morgan fingerprint density at radius 3 is 2.65 bits per heavy atom. The molecule has 9 nitrogen and oxygen atoms in total. The number of esters is 1. The molecule has 0 bridgehead atoms. The molecule has 0 unspecified atom stereocenters. The van der Waals surface area contributed by atoms with Crippen molar-refractivity contribution in [1.82, 2.24) is 4.90 Å². The van der Waals surface area contributed by atoms with Gasteiger partial charge in [-0.3, -0.25) is 29.4 Å². The molecule has 1 aliphatic rings. The Kier molecular flexibility index (Phi) is 5.98. The van der Waals surface area contributed by atoms with Crippen LogP contribution in [0.4, 0.5) is 10.5 Å². The van der Waals surface area contributed by atoms with Crippen LogP contribution in [-0.2, 0) is 14.3 Å². The molecule has 1 heterocycles. The minimum atomic E-state index is -0.691. The highest BCUT2D eigenvalue weighted by atomic mass is 32.2. The number of amides is 2. The summed E-state index contributed by atoms with van der Waals surface area (Å²) in [5.74, 6) is -1.26. The number of hydrogen-bond acceptors (Lipinski definition) is 8. The number of nitrogens with zero attached hydrogens (tertiary/aromatic N) is 2. The van der Waals surface area contributed by atoms with E-state index < -0.39 is 28.6 Å². The Bertz CT molecular complexity index is 804. The minimum absolute atomic E-state index is 0.0619. The van der Waals surface area contributed by atoms with Gasteiger partial charge in [0.25, 0.3) is 11.1 Å². The maximum absolute atomic E-state index is 12.3. The van der Waals surface area contributed by atoms with Gasteiger partial charge < -0.3 is 9.47 Å². The van der Waals surface area contributed by atoms with Gasteiger partial charge in [-0.2, -0.15) is 0 Å². The molecule has 1 fully saturated rings. The fourth-order valence-electron chi connectivity index (χ4n) is 2.16. The van der Waals surface area contributed by atoms with E-state index in [2.05, 4.69) is 0 Å². The number of benzene rings is 1. The van der Waals surface area contributed by atoms with Gasteiger partial charge >= 0.3 is 11.7 Å². The zero-order valence-electron chi connectivity index (χ0n) is 14.3. The minimum Gasteiger partial charge on any atom is -0.490 e. The molecule has 0 radical (unpaired) electrons. The van der Waals surface area contributed by atoms with Crippen LogP contribution in [0.25, 0.3) is 6.08 Å². The van der Waals surface area contributed by atoms with Gasteiger partial charge in [0.2, 0.25) is 0 Å². The lowest BCUT2D eigenvalue weighted by Gasteiger charge is -2.13. The molecule has 1 aromatic carbocycles. The summed E-state index contributed by atoms with van der Waals surface area (Å²) >= 11 is 0.651. The predicted octanol–water partition coefficient (Wildman–Crippen LogP) is 2.59. The Balaban J connectivity index is 2.23. The van der Waals surface area contributed by atoms with Gasteiger partial charge in [-0.15, -0.1) is 0 Å². The molecule has 0 atom stereocenters. The van der Waals surface area contributed by atoms with E-state index in [4.69, 9.17) is 9.47 Å². The lowest BCUT2D eigenvalue weighted by atomic mass is 10.1. The van der Waals surface area contributed by atoms with Gasteiger partial charge in [0.05, 0.1) is 23.0 Å². The van der Waals surface area contributed by atoms with Crippen molar-refractivity contribution in [2.24, 2.45) is 0 Å². The number of imide groups is 1. The summed E-state index contributed by atoms with van der Waals surface area (Å²) in [6.07, 6.45) is 0.989. The number of ether oxygens (including phenoxy) is 2. The second-order valence-electron chi connectivity index (χ2n) is 5.49. The molecular weight excluding hydrogens is 364 g/mol. The molecule has 0 aromatic heterocycles. The fraction of sp³-hybridized carbons (Fsp3) is 0.312. The smallest absolute Gasteiger partial charge is 0.326 e. The molecule has 10 heteroatoms. The van der Waals surface area contributed by atoms with Crippen molar-refractivity contribution in [2.45, 2.75) is 20.0 Å². The topological polar surface area (TPSA) is 116 Å². The number of methoxy groups -OCH3 is 1. The molecule has 0 aliphatic carbocycles. The Morgan fingerprint density at radius 2 is 2.08 bits per heavy atom. The van der Waals surface area contributed by atoms with E-state index in [1.165, 1.54) is 31.4 Å². The summed E-state index contributed by atoms with van der Waals surface area (Å²) in [5.41, 5.74) is 0.0914. The van der Waals surface area contributed by atoms with E-state index in [0.717, 1.165) is 4.90 Å². The molecule has 0 spiro atoms. The highest BCUT2D eigenvalue weighted by Crippen LogP contribution is 2.34. The highest BCUT2D eigenvalue weighted by molar-refractivity contribution is 8.18. The van der Waals surface area contributed by atoms with Crippen molar-refractivity contribution >= 4 is 40.6 Å². The zero-order chi connectivity index (χ0) is 19.4. The Labute approximate surface area is 153 Å². The van der Waals surface area contributed by atoms with Crippen molar-refractivity contribution in [3.8, 4) is 5.75 Å². The third-order valence-corrected chi connectivity index (χ3v) is 4.13. The number of hydrogen-bond donors (Lipinski definition) is 0. The van der Waals surface area contributed by atoms with Crippen molar-refractivity contribution in [1.29, 1.82) is 0 Å². The first-order valence-corrected chi connectivity index (χ1v) is 8.32. The predicted molar refractivity (Wildman–Crippen MR) is 93.6 cm³/mol. The van der Waals surface area contributed by atoms with E-state index in [9.17, 15) is 24.5 Å². The van der Waals surface area contributed by atoms with Crippen LogP contribution in [0.3, 0.4) is 0 Å².